The van der Waals surface area contributed by atoms with Crippen LogP contribution in [0.2, 0.25) is 0 Å². The highest BCUT2D eigenvalue weighted by atomic mass is 16.1. The predicted molar refractivity (Wildman–Crippen MR) is 126 cm³/mol. The van der Waals surface area contributed by atoms with E-state index in [0.717, 1.165) is 54.3 Å². The second-order valence-electron chi connectivity index (χ2n) is 12.9. The van der Waals surface area contributed by atoms with Crippen molar-refractivity contribution in [1.82, 2.24) is 5.32 Å². The zero-order chi connectivity index (χ0) is 21.7. The topological polar surface area (TPSA) is 29.1 Å². The third-order valence-electron chi connectivity index (χ3n) is 11.0. The molecule has 0 aromatic heterocycles. The maximum Gasteiger partial charge on any atom is 0.220 e. The first kappa shape index (κ1) is 22.7. The average molecular weight is 416 g/mol. The van der Waals surface area contributed by atoms with Crippen LogP contribution >= 0.6 is 0 Å². The number of fused-ring (bicyclic) bond motifs is 5. The smallest absolute Gasteiger partial charge is 0.220 e. The number of carbonyl (C=O) groups excluding carboxylic acids is 1. The van der Waals surface area contributed by atoms with Gasteiger partial charge in [0.2, 0.25) is 5.91 Å². The Hall–Kier alpha value is -0.530. The van der Waals surface area contributed by atoms with E-state index >= 15 is 0 Å². The quantitative estimate of drug-likeness (QED) is 0.487. The highest BCUT2D eigenvalue weighted by Crippen LogP contribution is 2.68. The summed E-state index contributed by atoms with van der Waals surface area (Å²) in [6.07, 6.45) is 14.4. The maximum atomic E-state index is 12.2. The molecule has 0 bridgehead atoms. The Bertz CT molecular complexity index is 628. The first-order chi connectivity index (χ1) is 14.2. The van der Waals surface area contributed by atoms with Gasteiger partial charge in [0, 0.05) is 12.5 Å². The van der Waals surface area contributed by atoms with Gasteiger partial charge in [0.25, 0.3) is 0 Å². The van der Waals surface area contributed by atoms with Crippen molar-refractivity contribution >= 4 is 5.91 Å². The first-order valence-electron chi connectivity index (χ1n) is 13.5. The molecule has 30 heavy (non-hydrogen) atoms. The molecule has 3 saturated carbocycles. The Morgan fingerprint density at radius 2 is 1.73 bits per heavy atom. The largest absolute Gasteiger partial charge is 0.353 e. The zero-order valence-electron chi connectivity index (χ0n) is 20.8. The van der Waals surface area contributed by atoms with Gasteiger partial charge in [-0.3, -0.25) is 4.79 Å². The van der Waals surface area contributed by atoms with Crippen LogP contribution in [-0.2, 0) is 4.79 Å². The minimum Gasteiger partial charge on any atom is -0.353 e. The summed E-state index contributed by atoms with van der Waals surface area (Å²) in [6, 6.07) is 0.432. The highest BCUT2D eigenvalue weighted by Gasteiger charge is 2.62. The van der Waals surface area contributed by atoms with Crippen molar-refractivity contribution < 1.29 is 4.79 Å². The van der Waals surface area contributed by atoms with E-state index in [0.29, 0.717) is 22.8 Å². The standard InChI is InChI=1S/C28H49NO/c1-7-20-17-24-28(6,16-14-25(30)29-24)23-13-15-27(5)21(11-12-22(27)26(20)23)19(4)10-8-9-18(2)3/h18-24,26H,7-17H2,1-6H3,(H,29,30)/t19-,20?,21-,22+,23+,24-,26+,27-,28-/m1/s1. The summed E-state index contributed by atoms with van der Waals surface area (Å²) in [7, 11) is 0. The molecular weight excluding hydrogens is 366 g/mol. The zero-order valence-corrected chi connectivity index (χ0v) is 20.8. The van der Waals surface area contributed by atoms with Gasteiger partial charge in [0.1, 0.15) is 0 Å². The fraction of sp³-hybridized carbons (Fsp3) is 0.964. The number of amides is 1. The van der Waals surface area contributed by atoms with Gasteiger partial charge in [-0.2, -0.15) is 0 Å². The van der Waals surface area contributed by atoms with Gasteiger partial charge in [-0.25, -0.2) is 0 Å². The van der Waals surface area contributed by atoms with E-state index in [4.69, 9.17) is 0 Å². The SMILES string of the molecule is CCC1C[C@H]2NC(=O)CC[C@]2(C)[C@H]2CC[C@]3(C)[C@@H]([C@H](C)CCCC(C)C)CC[C@H]3[C@H]12. The number of piperidine rings is 1. The number of hydrogen-bond donors (Lipinski definition) is 1. The molecule has 0 aromatic carbocycles. The minimum absolute atomic E-state index is 0.308. The lowest BCUT2D eigenvalue weighted by atomic mass is 9.44. The molecule has 3 aliphatic carbocycles. The molecule has 2 heteroatoms. The second-order valence-corrected chi connectivity index (χ2v) is 12.9. The van der Waals surface area contributed by atoms with Gasteiger partial charge in [0.15, 0.2) is 0 Å². The van der Waals surface area contributed by atoms with Gasteiger partial charge in [-0.05, 0) is 90.8 Å². The molecule has 1 heterocycles. The molecule has 1 saturated heterocycles. The fourth-order valence-electron chi connectivity index (χ4n) is 9.31. The molecule has 0 radical (unpaired) electrons. The van der Waals surface area contributed by atoms with Gasteiger partial charge in [-0.15, -0.1) is 0 Å². The third-order valence-corrected chi connectivity index (χ3v) is 11.0. The second kappa shape index (κ2) is 8.43. The van der Waals surface area contributed by atoms with E-state index in [-0.39, 0.29) is 0 Å². The molecular formula is C28H49NO. The van der Waals surface area contributed by atoms with Crippen molar-refractivity contribution in [2.24, 2.45) is 52.3 Å². The average Bonchev–Trinajstić information content (AvgIpc) is 3.05. The number of nitrogens with one attached hydrogen (secondary N) is 1. The van der Waals surface area contributed by atoms with Crippen molar-refractivity contribution in [3.05, 3.63) is 0 Å². The van der Waals surface area contributed by atoms with E-state index in [1.807, 2.05) is 0 Å². The Morgan fingerprint density at radius 3 is 2.43 bits per heavy atom. The van der Waals surface area contributed by atoms with Crippen LogP contribution < -0.4 is 5.32 Å². The van der Waals surface area contributed by atoms with Crippen molar-refractivity contribution in [2.75, 3.05) is 0 Å². The van der Waals surface area contributed by atoms with E-state index in [1.165, 1.54) is 57.8 Å². The van der Waals surface area contributed by atoms with E-state index in [1.54, 1.807) is 0 Å². The lowest BCUT2D eigenvalue weighted by Crippen LogP contribution is -2.63. The monoisotopic (exact) mass is 415 g/mol. The summed E-state index contributed by atoms with van der Waals surface area (Å²) >= 11 is 0. The number of hydrogen-bond acceptors (Lipinski definition) is 1. The Kier molecular flexibility index (Phi) is 6.37. The molecule has 9 atom stereocenters. The molecule has 1 unspecified atom stereocenters. The van der Waals surface area contributed by atoms with Crippen LogP contribution in [0.1, 0.15) is 112 Å². The lowest BCUT2D eigenvalue weighted by molar-refractivity contribution is -0.146. The first-order valence-corrected chi connectivity index (χ1v) is 13.5. The molecule has 4 fully saturated rings. The van der Waals surface area contributed by atoms with Crippen molar-refractivity contribution in [3.8, 4) is 0 Å². The van der Waals surface area contributed by atoms with E-state index in [2.05, 4.69) is 46.9 Å². The van der Waals surface area contributed by atoms with Gasteiger partial charge in [-0.1, -0.05) is 67.2 Å². The van der Waals surface area contributed by atoms with Crippen LogP contribution in [-0.4, -0.2) is 11.9 Å². The van der Waals surface area contributed by atoms with Gasteiger partial charge < -0.3 is 5.32 Å². The molecule has 1 aliphatic heterocycles. The summed E-state index contributed by atoms with van der Waals surface area (Å²) in [5.74, 6) is 6.44. The minimum atomic E-state index is 0.308. The molecule has 1 N–H and O–H groups in total. The molecule has 2 nitrogen and oxygen atoms in total. The number of carbonyl (C=O) groups is 1. The van der Waals surface area contributed by atoms with Crippen LogP contribution in [0.25, 0.3) is 0 Å². The van der Waals surface area contributed by atoms with Crippen molar-refractivity contribution in [2.45, 2.75) is 118 Å². The molecule has 0 spiro atoms. The van der Waals surface area contributed by atoms with Crippen LogP contribution in [0.4, 0.5) is 0 Å². The molecule has 4 rings (SSSR count). The van der Waals surface area contributed by atoms with E-state index in [9.17, 15) is 4.79 Å². The fourth-order valence-corrected chi connectivity index (χ4v) is 9.31. The summed E-state index contributed by atoms with van der Waals surface area (Å²) < 4.78 is 0. The Labute approximate surface area is 186 Å². The Balaban J connectivity index is 1.54. The predicted octanol–water partition coefficient (Wildman–Crippen LogP) is 7.22. The van der Waals surface area contributed by atoms with Crippen molar-refractivity contribution in [3.63, 3.8) is 0 Å². The molecule has 172 valence electrons. The maximum absolute atomic E-state index is 12.2. The normalized spacial score (nSPS) is 46.7. The van der Waals surface area contributed by atoms with Crippen LogP contribution in [0.3, 0.4) is 0 Å². The lowest BCUT2D eigenvalue weighted by Gasteiger charge is -2.63. The Morgan fingerprint density at radius 1 is 1.00 bits per heavy atom. The van der Waals surface area contributed by atoms with Crippen LogP contribution in [0.5, 0.6) is 0 Å². The van der Waals surface area contributed by atoms with Crippen LogP contribution in [0.15, 0.2) is 0 Å². The summed E-state index contributed by atoms with van der Waals surface area (Å²) in [5.41, 5.74) is 0.902. The summed E-state index contributed by atoms with van der Waals surface area (Å²) in [6.45, 7) is 15.0. The highest BCUT2D eigenvalue weighted by molar-refractivity contribution is 5.77. The molecule has 1 amide bonds. The number of rotatable bonds is 6. The summed E-state index contributed by atoms with van der Waals surface area (Å²) in [4.78, 5) is 12.2. The van der Waals surface area contributed by atoms with Crippen molar-refractivity contribution in [1.29, 1.82) is 0 Å². The van der Waals surface area contributed by atoms with Gasteiger partial charge >= 0.3 is 0 Å². The van der Waals surface area contributed by atoms with Crippen LogP contribution in [0, 0.1) is 52.3 Å². The van der Waals surface area contributed by atoms with Gasteiger partial charge in [0.05, 0.1) is 0 Å². The van der Waals surface area contributed by atoms with E-state index < -0.39 is 0 Å². The molecule has 0 aromatic rings. The third kappa shape index (κ3) is 3.66. The summed E-state index contributed by atoms with van der Waals surface area (Å²) in [5, 5.41) is 3.45. The molecule has 4 aliphatic rings.